The molecule has 19 heavy (non-hydrogen) atoms. The second kappa shape index (κ2) is 7.61. The topological polar surface area (TPSA) is 27.7 Å². The van der Waals surface area contributed by atoms with Gasteiger partial charge in [-0.15, -0.1) is 0 Å². The van der Waals surface area contributed by atoms with E-state index in [4.69, 9.17) is 14.2 Å². The molecule has 0 aliphatic carbocycles. The van der Waals surface area contributed by atoms with Gasteiger partial charge in [-0.1, -0.05) is 6.92 Å². The average molecular weight is 274 g/mol. The van der Waals surface area contributed by atoms with Crippen molar-refractivity contribution in [3.05, 3.63) is 0 Å². The molecule has 0 spiro atoms. The van der Waals surface area contributed by atoms with Gasteiger partial charge in [0, 0.05) is 12.0 Å². The summed E-state index contributed by atoms with van der Waals surface area (Å²) in [6.45, 7) is 19.4. The Bertz CT molecular complexity index is 217. The largest absolute Gasteiger partial charge is 0.381 e. The highest BCUT2D eigenvalue weighted by Crippen LogP contribution is 2.28. The monoisotopic (exact) mass is 274 g/mol. The van der Waals surface area contributed by atoms with E-state index in [9.17, 15) is 0 Å². The van der Waals surface area contributed by atoms with Gasteiger partial charge in [0.1, 0.15) is 0 Å². The lowest BCUT2D eigenvalue weighted by Gasteiger charge is -2.37. The second-order valence-electron chi connectivity index (χ2n) is 7.29. The summed E-state index contributed by atoms with van der Waals surface area (Å²) in [6.07, 6.45) is 0.985. The van der Waals surface area contributed by atoms with Crippen molar-refractivity contribution in [3.8, 4) is 0 Å². The Labute approximate surface area is 120 Å². The fraction of sp³-hybridized carbons (Fsp3) is 1.00. The summed E-state index contributed by atoms with van der Waals surface area (Å²) in [7, 11) is 0. The maximum absolute atomic E-state index is 5.99. The van der Waals surface area contributed by atoms with E-state index in [0.29, 0.717) is 19.8 Å². The molecule has 0 aromatic heterocycles. The Balaban J connectivity index is 4.67. The third-order valence-corrected chi connectivity index (χ3v) is 2.99. The molecular formula is C16H34O3. The summed E-state index contributed by atoms with van der Waals surface area (Å²) >= 11 is 0. The molecule has 0 rings (SSSR count). The summed E-state index contributed by atoms with van der Waals surface area (Å²) < 4.78 is 17.6. The lowest BCUT2D eigenvalue weighted by Crippen LogP contribution is -2.41. The van der Waals surface area contributed by atoms with E-state index in [-0.39, 0.29) is 16.6 Å². The standard InChI is InChI=1S/C16H34O3/c1-9-16(11-17-10-2,12-18-14(3,4)5)13-19-15(6,7)8/h9-13H2,1-8H3. The van der Waals surface area contributed by atoms with Crippen LogP contribution in [0.15, 0.2) is 0 Å². The first kappa shape index (κ1) is 18.9. The molecule has 3 nitrogen and oxygen atoms in total. The van der Waals surface area contributed by atoms with Crippen molar-refractivity contribution >= 4 is 0 Å². The van der Waals surface area contributed by atoms with Crippen molar-refractivity contribution in [1.29, 1.82) is 0 Å². The van der Waals surface area contributed by atoms with Gasteiger partial charge in [0.15, 0.2) is 0 Å². The third kappa shape index (κ3) is 9.42. The highest BCUT2D eigenvalue weighted by Gasteiger charge is 2.33. The summed E-state index contributed by atoms with van der Waals surface area (Å²) in [6, 6.07) is 0. The van der Waals surface area contributed by atoms with Crippen LogP contribution in [0, 0.1) is 5.41 Å². The Hall–Kier alpha value is -0.120. The normalized spacial score (nSPS) is 13.9. The van der Waals surface area contributed by atoms with E-state index >= 15 is 0 Å². The number of hydrogen-bond donors (Lipinski definition) is 0. The van der Waals surface area contributed by atoms with Crippen LogP contribution in [0.5, 0.6) is 0 Å². The molecule has 0 aromatic carbocycles. The van der Waals surface area contributed by atoms with Gasteiger partial charge in [-0.2, -0.15) is 0 Å². The first-order chi connectivity index (χ1) is 8.54. The summed E-state index contributed by atoms with van der Waals surface area (Å²) in [5.74, 6) is 0. The quantitative estimate of drug-likeness (QED) is 0.668. The van der Waals surface area contributed by atoms with Gasteiger partial charge in [-0.05, 0) is 54.9 Å². The second-order valence-corrected chi connectivity index (χ2v) is 7.29. The zero-order chi connectivity index (χ0) is 15.2. The van der Waals surface area contributed by atoms with Crippen LogP contribution in [-0.4, -0.2) is 37.6 Å². The first-order valence-corrected chi connectivity index (χ1v) is 7.39. The lowest BCUT2D eigenvalue weighted by atomic mass is 9.87. The van der Waals surface area contributed by atoms with Crippen molar-refractivity contribution in [2.45, 2.75) is 73.0 Å². The molecule has 0 heterocycles. The van der Waals surface area contributed by atoms with Gasteiger partial charge in [0.25, 0.3) is 0 Å². The van der Waals surface area contributed by atoms with Crippen LogP contribution in [0.2, 0.25) is 0 Å². The van der Waals surface area contributed by atoms with Gasteiger partial charge in [-0.25, -0.2) is 0 Å². The van der Waals surface area contributed by atoms with Crippen LogP contribution < -0.4 is 0 Å². The molecule has 0 bridgehead atoms. The molecular weight excluding hydrogens is 240 g/mol. The van der Waals surface area contributed by atoms with E-state index in [1.165, 1.54) is 0 Å². The number of rotatable bonds is 8. The van der Waals surface area contributed by atoms with Crippen LogP contribution in [-0.2, 0) is 14.2 Å². The van der Waals surface area contributed by atoms with Crippen molar-refractivity contribution in [1.82, 2.24) is 0 Å². The minimum absolute atomic E-state index is 0.0590. The van der Waals surface area contributed by atoms with Crippen LogP contribution >= 0.6 is 0 Å². The predicted octanol–water partition coefficient (Wildman–Crippen LogP) is 4.05. The van der Waals surface area contributed by atoms with E-state index in [2.05, 4.69) is 48.5 Å². The maximum atomic E-state index is 5.99. The summed E-state index contributed by atoms with van der Waals surface area (Å²) in [4.78, 5) is 0. The molecule has 0 radical (unpaired) electrons. The van der Waals surface area contributed by atoms with Crippen molar-refractivity contribution in [2.75, 3.05) is 26.4 Å². The Morgan fingerprint density at radius 2 is 1.11 bits per heavy atom. The molecule has 3 heteroatoms. The highest BCUT2D eigenvalue weighted by atomic mass is 16.5. The summed E-state index contributed by atoms with van der Waals surface area (Å²) in [5.41, 5.74) is -0.320. The molecule has 0 unspecified atom stereocenters. The van der Waals surface area contributed by atoms with Crippen molar-refractivity contribution < 1.29 is 14.2 Å². The van der Waals surface area contributed by atoms with Gasteiger partial charge in [0.2, 0.25) is 0 Å². The molecule has 0 aliphatic heterocycles. The van der Waals surface area contributed by atoms with E-state index < -0.39 is 0 Å². The minimum atomic E-state index is -0.131. The van der Waals surface area contributed by atoms with Gasteiger partial charge >= 0.3 is 0 Å². The maximum Gasteiger partial charge on any atom is 0.0598 e. The molecule has 0 atom stereocenters. The molecule has 0 aliphatic rings. The van der Waals surface area contributed by atoms with Crippen LogP contribution in [0.4, 0.5) is 0 Å². The highest BCUT2D eigenvalue weighted by molar-refractivity contribution is 4.80. The molecule has 0 saturated carbocycles. The van der Waals surface area contributed by atoms with Crippen molar-refractivity contribution in [2.24, 2.45) is 5.41 Å². The number of hydrogen-bond acceptors (Lipinski definition) is 3. The van der Waals surface area contributed by atoms with Crippen LogP contribution in [0.3, 0.4) is 0 Å². The molecule has 0 saturated heterocycles. The molecule has 0 N–H and O–H groups in total. The van der Waals surface area contributed by atoms with Crippen LogP contribution in [0.25, 0.3) is 0 Å². The lowest BCUT2D eigenvalue weighted by molar-refractivity contribution is -0.131. The fourth-order valence-electron chi connectivity index (χ4n) is 1.49. The molecule has 116 valence electrons. The molecule has 0 amide bonds. The zero-order valence-electron chi connectivity index (χ0n) is 14.3. The number of ether oxygens (including phenoxy) is 3. The van der Waals surface area contributed by atoms with E-state index in [0.717, 1.165) is 13.0 Å². The zero-order valence-corrected chi connectivity index (χ0v) is 14.3. The Kier molecular flexibility index (Phi) is 7.56. The first-order valence-electron chi connectivity index (χ1n) is 7.39. The SMILES string of the molecule is CCOCC(CC)(COC(C)(C)C)COC(C)(C)C. The van der Waals surface area contributed by atoms with Crippen LogP contribution in [0.1, 0.15) is 61.8 Å². The third-order valence-electron chi connectivity index (χ3n) is 2.99. The average Bonchev–Trinajstić information content (AvgIpc) is 2.26. The smallest absolute Gasteiger partial charge is 0.0598 e. The van der Waals surface area contributed by atoms with Crippen molar-refractivity contribution in [3.63, 3.8) is 0 Å². The van der Waals surface area contributed by atoms with E-state index in [1.807, 2.05) is 6.92 Å². The molecule has 0 fully saturated rings. The van der Waals surface area contributed by atoms with Gasteiger partial charge in [-0.3, -0.25) is 0 Å². The Morgan fingerprint density at radius 1 is 0.684 bits per heavy atom. The molecule has 0 aromatic rings. The predicted molar refractivity (Wildman–Crippen MR) is 80.6 cm³/mol. The minimum Gasteiger partial charge on any atom is -0.381 e. The summed E-state index contributed by atoms with van der Waals surface area (Å²) in [5, 5.41) is 0. The fourth-order valence-corrected chi connectivity index (χ4v) is 1.49. The van der Waals surface area contributed by atoms with Gasteiger partial charge < -0.3 is 14.2 Å². The van der Waals surface area contributed by atoms with E-state index in [1.54, 1.807) is 0 Å². The Morgan fingerprint density at radius 3 is 1.37 bits per heavy atom. The van der Waals surface area contributed by atoms with Gasteiger partial charge in [0.05, 0.1) is 31.0 Å².